The number of piperidine rings is 1. The van der Waals surface area contributed by atoms with Crippen molar-refractivity contribution in [2.45, 2.75) is 38.1 Å². The van der Waals surface area contributed by atoms with Gasteiger partial charge in [-0.2, -0.15) is 5.10 Å². The van der Waals surface area contributed by atoms with Gasteiger partial charge in [0.25, 0.3) is 5.91 Å². The molecule has 5 nitrogen and oxygen atoms in total. The Balaban J connectivity index is 0.00000182. The van der Waals surface area contributed by atoms with Crippen LogP contribution in [-0.2, 0) is 0 Å². The van der Waals surface area contributed by atoms with Crippen LogP contribution in [0.5, 0.6) is 0 Å². The zero-order valence-electron chi connectivity index (χ0n) is 14.5. The van der Waals surface area contributed by atoms with Gasteiger partial charge in [0.05, 0.1) is 6.04 Å². The average molecular weight is 361 g/mol. The first-order valence-corrected chi connectivity index (χ1v) is 8.90. The lowest BCUT2D eigenvalue weighted by Crippen LogP contribution is -2.37. The van der Waals surface area contributed by atoms with Crippen LogP contribution >= 0.6 is 12.4 Å². The minimum absolute atomic E-state index is 0. The normalized spacial score (nSPS) is 22.8. The second-order valence-electron chi connectivity index (χ2n) is 6.89. The first kappa shape index (κ1) is 18.0. The summed E-state index contributed by atoms with van der Waals surface area (Å²) in [4.78, 5) is 14.9. The van der Waals surface area contributed by atoms with E-state index in [1.54, 1.807) is 0 Å². The van der Waals surface area contributed by atoms with E-state index in [0.717, 1.165) is 44.6 Å². The summed E-state index contributed by atoms with van der Waals surface area (Å²) >= 11 is 0. The Labute approximate surface area is 154 Å². The molecular weight excluding hydrogens is 336 g/mol. The molecule has 1 aromatic carbocycles. The van der Waals surface area contributed by atoms with E-state index < -0.39 is 0 Å². The van der Waals surface area contributed by atoms with Gasteiger partial charge in [0.1, 0.15) is 0 Å². The van der Waals surface area contributed by atoms with Crippen LogP contribution in [0.4, 0.5) is 5.69 Å². The zero-order chi connectivity index (χ0) is 16.5. The zero-order valence-corrected chi connectivity index (χ0v) is 15.3. The number of anilines is 1. The van der Waals surface area contributed by atoms with Crippen molar-refractivity contribution in [1.82, 2.24) is 15.1 Å². The predicted octanol–water partition coefficient (Wildman–Crippen LogP) is 3.38. The van der Waals surface area contributed by atoms with E-state index in [9.17, 15) is 4.79 Å². The highest BCUT2D eigenvalue weighted by Gasteiger charge is 2.28. The van der Waals surface area contributed by atoms with Gasteiger partial charge in [-0.15, -0.1) is 12.4 Å². The van der Waals surface area contributed by atoms with Crippen molar-refractivity contribution in [1.29, 1.82) is 0 Å². The van der Waals surface area contributed by atoms with Gasteiger partial charge < -0.3 is 10.2 Å². The maximum atomic E-state index is 13.0. The molecule has 2 aromatic rings. The average Bonchev–Trinajstić information content (AvgIpc) is 3.13. The predicted molar refractivity (Wildman–Crippen MR) is 102 cm³/mol. The molecule has 1 saturated heterocycles. The molecule has 1 aromatic heterocycles. The molecule has 1 N–H and O–H groups in total. The SMILES string of the molecule is CC1CCN(C(=O)c2ccn(C3CCCNC3)n2)c2ccccc21.Cl. The standard InChI is InChI=1S/C19H24N4O.ClH/c1-14-8-11-22(18-7-3-2-6-16(14)18)19(24)17-9-12-23(21-17)15-5-4-10-20-13-15;/h2-3,6-7,9,12,14-15,20H,4-5,8,10-11,13H2,1H3;1H. The Hall–Kier alpha value is -1.85. The lowest BCUT2D eigenvalue weighted by atomic mass is 9.91. The molecule has 2 aliphatic heterocycles. The molecule has 1 amide bonds. The maximum absolute atomic E-state index is 13.0. The second kappa shape index (κ2) is 7.58. The van der Waals surface area contributed by atoms with Crippen molar-refractivity contribution in [2.75, 3.05) is 24.5 Å². The number of nitrogens with zero attached hydrogens (tertiary/aromatic N) is 3. The van der Waals surface area contributed by atoms with Crippen LogP contribution in [-0.4, -0.2) is 35.3 Å². The van der Waals surface area contributed by atoms with Gasteiger partial charge in [0.15, 0.2) is 5.69 Å². The van der Waals surface area contributed by atoms with Gasteiger partial charge in [-0.05, 0) is 49.4 Å². The molecule has 0 spiro atoms. The third kappa shape index (κ3) is 3.44. The lowest BCUT2D eigenvalue weighted by molar-refractivity contribution is 0.0978. The second-order valence-corrected chi connectivity index (χ2v) is 6.89. The van der Waals surface area contributed by atoms with E-state index in [1.165, 1.54) is 5.56 Å². The Morgan fingerprint density at radius 2 is 2.08 bits per heavy atom. The first-order chi connectivity index (χ1) is 11.7. The van der Waals surface area contributed by atoms with E-state index in [2.05, 4.69) is 23.4 Å². The van der Waals surface area contributed by atoms with Gasteiger partial charge in [-0.25, -0.2) is 0 Å². The molecule has 2 unspecified atom stereocenters. The molecule has 134 valence electrons. The molecular formula is C19H25ClN4O. The summed E-state index contributed by atoms with van der Waals surface area (Å²) < 4.78 is 1.96. The Morgan fingerprint density at radius 1 is 1.24 bits per heavy atom. The van der Waals surface area contributed by atoms with Crippen molar-refractivity contribution >= 4 is 24.0 Å². The minimum Gasteiger partial charge on any atom is -0.315 e. The van der Waals surface area contributed by atoms with Crippen LogP contribution in [0.25, 0.3) is 0 Å². The number of nitrogens with one attached hydrogen (secondary N) is 1. The fourth-order valence-electron chi connectivity index (χ4n) is 3.81. The van der Waals surface area contributed by atoms with Crippen LogP contribution in [0.3, 0.4) is 0 Å². The van der Waals surface area contributed by atoms with Gasteiger partial charge in [0, 0.05) is 25.0 Å². The quantitative estimate of drug-likeness (QED) is 0.893. The molecule has 3 heterocycles. The van der Waals surface area contributed by atoms with Crippen LogP contribution in [0, 0.1) is 0 Å². The highest BCUT2D eigenvalue weighted by Crippen LogP contribution is 2.35. The Kier molecular flexibility index (Phi) is 5.45. The van der Waals surface area contributed by atoms with Crippen LogP contribution in [0.1, 0.15) is 54.2 Å². The summed E-state index contributed by atoms with van der Waals surface area (Å²) in [5.41, 5.74) is 2.84. The Morgan fingerprint density at radius 3 is 2.88 bits per heavy atom. The monoisotopic (exact) mass is 360 g/mol. The van der Waals surface area contributed by atoms with Crippen LogP contribution in [0.15, 0.2) is 36.5 Å². The van der Waals surface area contributed by atoms with Crippen molar-refractivity contribution in [3.8, 4) is 0 Å². The number of carbonyl (C=O) groups excluding carboxylic acids is 1. The summed E-state index contributed by atoms with van der Waals surface area (Å²) in [6.07, 6.45) is 5.22. The third-order valence-electron chi connectivity index (χ3n) is 5.26. The number of para-hydroxylation sites is 1. The summed E-state index contributed by atoms with van der Waals surface area (Å²) in [7, 11) is 0. The van der Waals surface area contributed by atoms with Crippen molar-refractivity contribution in [3.05, 3.63) is 47.8 Å². The Bertz CT molecular complexity index is 739. The van der Waals surface area contributed by atoms with Crippen LogP contribution < -0.4 is 10.2 Å². The molecule has 0 bridgehead atoms. The first-order valence-electron chi connectivity index (χ1n) is 8.90. The molecule has 25 heavy (non-hydrogen) atoms. The van der Waals surface area contributed by atoms with E-state index in [-0.39, 0.29) is 18.3 Å². The van der Waals surface area contributed by atoms with Crippen molar-refractivity contribution in [3.63, 3.8) is 0 Å². The molecule has 6 heteroatoms. The van der Waals surface area contributed by atoms with Gasteiger partial charge in [-0.3, -0.25) is 9.48 Å². The van der Waals surface area contributed by atoms with Crippen LogP contribution in [0.2, 0.25) is 0 Å². The highest BCUT2D eigenvalue weighted by molar-refractivity contribution is 6.05. The topological polar surface area (TPSA) is 50.2 Å². The number of halogens is 1. The molecule has 2 aliphatic rings. The molecule has 4 rings (SSSR count). The summed E-state index contributed by atoms with van der Waals surface area (Å²) in [5.74, 6) is 0.507. The maximum Gasteiger partial charge on any atom is 0.278 e. The molecule has 1 fully saturated rings. The van der Waals surface area contributed by atoms with E-state index in [1.807, 2.05) is 40.0 Å². The minimum atomic E-state index is 0. The number of carbonyl (C=O) groups is 1. The number of aromatic nitrogens is 2. The fourth-order valence-corrected chi connectivity index (χ4v) is 3.81. The molecule has 0 saturated carbocycles. The number of benzene rings is 1. The number of hydrogen-bond acceptors (Lipinski definition) is 3. The molecule has 2 atom stereocenters. The summed E-state index contributed by atoms with van der Waals surface area (Å²) in [6.45, 7) is 4.99. The van der Waals surface area contributed by atoms with Gasteiger partial charge in [-0.1, -0.05) is 25.1 Å². The van der Waals surface area contributed by atoms with E-state index in [4.69, 9.17) is 0 Å². The molecule has 0 radical (unpaired) electrons. The van der Waals surface area contributed by atoms with E-state index >= 15 is 0 Å². The third-order valence-corrected chi connectivity index (χ3v) is 5.26. The van der Waals surface area contributed by atoms with Gasteiger partial charge >= 0.3 is 0 Å². The van der Waals surface area contributed by atoms with Crippen molar-refractivity contribution in [2.24, 2.45) is 0 Å². The number of fused-ring (bicyclic) bond motifs is 1. The lowest BCUT2D eigenvalue weighted by Gasteiger charge is -2.32. The highest BCUT2D eigenvalue weighted by atomic mass is 35.5. The van der Waals surface area contributed by atoms with Crippen molar-refractivity contribution < 1.29 is 4.79 Å². The smallest absolute Gasteiger partial charge is 0.278 e. The number of rotatable bonds is 2. The summed E-state index contributed by atoms with van der Waals surface area (Å²) in [5, 5.41) is 7.98. The number of amides is 1. The fraction of sp³-hybridized carbons (Fsp3) is 0.474. The number of hydrogen-bond donors (Lipinski definition) is 1. The van der Waals surface area contributed by atoms with Gasteiger partial charge in [0.2, 0.25) is 0 Å². The summed E-state index contributed by atoms with van der Waals surface area (Å²) in [6, 6.07) is 10.4. The largest absolute Gasteiger partial charge is 0.315 e. The molecule has 0 aliphatic carbocycles. The van der Waals surface area contributed by atoms with E-state index in [0.29, 0.717) is 17.7 Å².